The van der Waals surface area contributed by atoms with Crippen LogP contribution in [0.1, 0.15) is 57.1 Å². The number of likely N-dealkylation sites (tertiary alicyclic amines) is 1. The van der Waals surface area contributed by atoms with Gasteiger partial charge in [-0.15, -0.1) is 0 Å². The minimum absolute atomic E-state index is 0.0494. The molecule has 3 rings (SSSR count). The molecule has 6 nitrogen and oxygen atoms in total. The van der Waals surface area contributed by atoms with Crippen molar-refractivity contribution >= 4 is 10.2 Å². The van der Waals surface area contributed by atoms with E-state index in [0.29, 0.717) is 13.2 Å². The van der Waals surface area contributed by atoms with Gasteiger partial charge >= 0.3 is 0 Å². The first-order chi connectivity index (χ1) is 12.6. The highest BCUT2D eigenvalue weighted by Crippen LogP contribution is 2.26. The molecular weight excluding hydrogens is 350 g/mol. The summed E-state index contributed by atoms with van der Waals surface area (Å²) in [6.45, 7) is 5.01. The van der Waals surface area contributed by atoms with E-state index < -0.39 is 10.2 Å². The standard InChI is InChI=1S/C19H31N3O3S/c1-2-25-18-11-9-16(10-12-18)19(22-13-5-6-14-22)15-20-26(23,24)21-17-7-3-4-8-17/h9-12,17,19-21H,2-8,13-15H2,1H3. The molecule has 1 aromatic rings. The van der Waals surface area contributed by atoms with E-state index in [1.54, 1.807) is 0 Å². The zero-order valence-electron chi connectivity index (χ0n) is 15.6. The summed E-state index contributed by atoms with van der Waals surface area (Å²) in [5.74, 6) is 0.847. The Labute approximate surface area is 157 Å². The average Bonchev–Trinajstić information content (AvgIpc) is 3.30. The molecule has 1 aliphatic heterocycles. The van der Waals surface area contributed by atoms with Crippen molar-refractivity contribution < 1.29 is 13.2 Å². The van der Waals surface area contributed by atoms with Gasteiger partial charge in [0.2, 0.25) is 0 Å². The van der Waals surface area contributed by atoms with Crippen molar-refractivity contribution in [3.8, 4) is 5.75 Å². The first-order valence-corrected chi connectivity index (χ1v) is 11.3. The van der Waals surface area contributed by atoms with E-state index in [2.05, 4.69) is 14.3 Å². The van der Waals surface area contributed by atoms with Gasteiger partial charge in [-0.2, -0.15) is 13.1 Å². The third kappa shape index (κ3) is 5.42. The second-order valence-corrected chi connectivity index (χ2v) is 8.74. The number of nitrogens with one attached hydrogen (secondary N) is 2. The third-order valence-electron chi connectivity index (χ3n) is 5.30. The fraction of sp³-hybridized carbons (Fsp3) is 0.684. The van der Waals surface area contributed by atoms with E-state index >= 15 is 0 Å². The van der Waals surface area contributed by atoms with Crippen LogP contribution in [0.2, 0.25) is 0 Å². The number of hydrogen-bond donors (Lipinski definition) is 2. The van der Waals surface area contributed by atoms with Crippen molar-refractivity contribution in [2.75, 3.05) is 26.2 Å². The topological polar surface area (TPSA) is 70.7 Å². The summed E-state index contributed by atoms with van der Waals surface area (Å²) < 4.78 is 35.9. The molecule has 1 unspecified atom stereocenters. The van der Waals surface area contributed by atoms with Gasteiger partial charge in [0, 0.05) is 18.6 Å². The van der Waals surface area contributed by atoms with E-state index in [1.807, 2.05) is 31.2 Å². The van der Waals surface area contributed by atoms with Gasteiger partial charge < -0.3 is 4.74 Å². The van der Waals surface area contributed by atoms with E-state index in [4.69, 9.17) is 4.74 Å². The quantitative estimate of drug-likeness (QED) is 0.690. The Morgan fingerprint density at radius 2 is 1.77 bits per heavy atom. The van der Waals surface area contributed by atoms with Crippen molar-refractivity contribution in [1.82, 2.24) is 14.3 Å². The van der Waals surface area contributed by atoms with Gasteiger partial charge in [-0.3, -0.25) is 4.90 Å². The van der Waals surface area contributed by atoms with Crippen LogP contribution in [0.15, 0.2) is 24.3 Å². The molecule has 26 heavy (non-hydrogen) atoms. The molecule has 0 spiro atoms. The number of nitrogens with zero attached hydrogens (tertiary/aromatic N) is 1. The van der Waals surface area contributed by atoms with Crippen LogP contribution in [0.3, 0.4) is 0 Å². The second kappa shape index (κ2) is 9.17. The molecule has 0 amide bonds. The lowest BCUT2D eigenvalue weighted by Gasteiger charge is -2.28. The van der Waals surface area contributed by atoms with E-state index in [-0.39, 0.29) is 12.1 Å². The maximum absolute atomic E-state index is 12.4. The smallest absolute Gasteiger partial charge is 0.277 e. The number of hydrogen-bond acceptors (Lipinski definition) is 4. The van der Waals surface area contributed by atoms with Crippen molar-refractivity contribution in [3.63, 3.8) is 0 Å². The maximum Gasteiger partial charge on any atom is 0.277 e. The summed E-state index contributed by atoms with van der Waals surface area (Å²) in [5.41, 5.74) is 1.12. The Kier molecular flexibility index (Phi) is 6.92. The highest BCUT2D eigenvalue weighted by Gasteiger charge is 2.26. The van der Waals surface area contributed by atoms with Gasteiger partial charge in [0.05, 0.1) is 6.61 Å². The molecule has 1 heterocycles. The average molecular weight is 382 g/mol. The van der Waals surface area contributed by atoms with Crippen molar-refractivity contribution in [2.45, 2.75) is 57.5 Å². The van der Waals surface area contributed by atoms with Crippen LogP contribution in [0, 0.1) is 0 Å². The first kappa shape index (κ1) is 19.6. The minimum atomic E-state index is -3.47. The Balaban J connectivity index is 1.65. The molecule has 2 fully saturated rings. The van der Waals surface area contributed by atoms with E-state index in [1.165, 1.54) is 12.8 Å². The van der Waals surface area contributed by atoms with Crippen molar-refractivity contribution in [1.29, 1.82) is 0 Å². The molecule has 1 aromatic carbocycles. The molecule has 0 bridgehead atoms. The highest BCUT2D eigenvalue weighted by molar-refractivity contribution is 7.87. The van der Waals surface area contributed by atoms with Crippen LogP contribution >= 0.6 is 0 Å². The van der Waals surface area contributed by atoms with Gasteiger partial charge in [0.25, 0.3) is 10.2 Å². The molecule has 2 aliphatic rings. The van der Waals surface area contributed by atoms with Crippen molar-refractivity contribution in [3.05, 3.63) is 29.8 Å². The summed E-state index contributed by atoms with van der Waals surface area (Å²) in [7, 11) is -3.47. The maximum atomic E-state index is 12.4. The molecule has 1 saturated heterocycles. The fourth-order valence-corrected chi connectivity index (χ4v) is 5.09. The molecule has 2 N–H and O–H groups in total. The minimum Gasteiger partial charge on any atom is -0.494 e. The SMILES string of the molecule is CCOc1ccc(C(CNS(=O)(=O)NC2CCCC2)N2CCCC2)cc1. The highest BCUT2D eigenvalue weighted by atomic mass is 32.2. The Morgan fingerprint density at radius 1 is 1.12 bits per heavy atom. The molecule has 1 saturated carbocycles. The molecular formula is C19H31N3O3S. The first-order valence-electron chi connectivity index (χ1n) is 9.81. The predicted molar refractivity (Wildman–Crippen MR) is 103 cm³/mol. The largest absolute Gasteiger partial charge is 0.494 e. The number of ether oxygens (including phenoxy) is 1. The summed E-state index contributed by atoms with van der Waals surface area (Å²) in [4.78, 5) is 2.37. The molecule has 0 aromatic heterocycles. The van der Waals surface area contributed by atoms with Crippen LogP contribution in [0.5, 0.6) is 5.75 Å². The second-order valence-electron chi connectivity index (χ2n) is 7.21. The Hall–Kier alpha value is -1.15. The van der Waals surface area contributed by atoms with E-state index in [0.717, 1.165) is 50.1 Å². The monoisotopic (exact) mass is 381 g/mol. The lowest BCUT2D eigenvalue weighted by atomic mass is 10.1. The van der Waals surface area contributed by atoms with Crippen LogP contribution in [0.4, 0.5) is 0 Å². The third-order valence-corrected chi connectivity index (χ3v) is 6.49. The van der Waals surface area contributed by atoms with Gasteiger partial charge in [0.15, 0.2) is 0 Å². The normalized spacial score (nSPS) is 20.5. The van der Waals surface area contributed by atoms with Crippen LogP contribution in [-0.2, 0) is 10.2 Å². The van der Waals surface area contributed by atoms with Crippen molar-refractivity contribution in [2.24, 2.45) is 0 Å². The van der Waals surface area contributed by atoms with Gasteiger partial charge in [-0.1, -0.05) is 25.0 Å². The fourth-order valence-electron chi connectivity index (χ4n) is 3.96. The Bertz CT molecular complexity index is 651. The predicted octanol–water partition coefficient (Wildman–Crippen LogP) is 2.59. The van der Waals surface area contributed by atoms with E-state index in [9.17, 15) is 8.42 Å². The number of rotatable bonds is 9. The number of benzene rings is 1. The van der Waals surface area contributed by atoms with Gasteiger partial charge in [0.1, 0.15) is 5.75 Å². The van der Waals surface area contributed by atoms with Crippen LogP contribution < -0.4 is 14.2 Å². The van der Waals surface area contributed by atoms with Gasteiger partial charge in [-0.25, -0.2) is 4.72 Å². The summed E-state index contributed by atoms with van der Waals surface area (Å²) in [6.07, 6.45) is 6.43. The Morgan fingerprint density at radius 3 is 2.38 bits per heavy atom. The lowest BCUT2D eigenvalue weighted by molar-refractivity contribution is 0.246. The molecule has 1 atom stereocenters. The molecule has 1 aliphatic carbocycles. The zero-order valence-corrected chi connectivity index (χ0v) is 16.4. The van der Waals surface area contributed by atoms with Gasteiger partial charge in [-0.05, 0) is 63.4 Å². The molecule has 146 valence electrons. The van der Waals surface area contributed by atoms with Crippen LogP contribution in [0.25, 0.3) is 0 Å². The zero-order chi connectivity index (χ0) is 18.4. The summed E-state index contributed by atoms with van der Waals surface area (Å²) in [6, 6.07) is 8.16. The van der Waals surface area contributed by atoms with Crippen LogP contribution in [-0.4, -0.2) is 45.6 Å². The lowest BCUT2D eigenvalue weighted by Crippen LogP contribution is -2.45. The molecule has 7 heteroatoms. The summed E-state index contributed by atoms with van der Waals surface area (Å²) in [5, 5.41) is 0. The summed E-state index contributed by atoms with van der Waals surface area (Å²) >= 11 is 0. The molecule has 0 radical (unpaired) electrons.